The molecular weight excluding hydrogens is 382 g/mol. The van der Waals surface area contributed by atoms with Gasteiger partial charge in [-0.2, -0.15) is 0 Å². The zero-order chi connectivity index (χ0) is 18.9. The van der Waals surface area contributed by atoms with E-state index < -0.39 is 21.3 Å². The van der Waals surface area contributed by atoms with Gasteiger partial charge < -0.3 is 5.73 Å². The smallest absolute Gasteiger partial charge is 0.327 e. The molecule has 11 heteroatoms. The molecule has 0 saturated heterocycles. The minimum absolute atomic E-state index is 0. The molecule has 2 aromatic heterocycles. The highest BCUT2D eigenvalue weighted by Crippen LogP contribution is 2.17. The number of hydrogen-bond donors (Lipinski definition) is 2. The van der Waals surface area contributed by atoms with Crippen LogP contribution < -0.4 is 17.0 Å². The van der Waals surface area contributed by atoms with Gasteiger partial charge in [0.15, 0.2) is 0 Å². The van der Waals surface area contributed by atoms with Crippen LogP contribution >= 0.6 is 12.4 Å². The number of nitrogens with one attached hydrogen (secondary N) is 1. The fourth-order valence-electron chi connectivity index (χ4n) is 2.32. The molecule has 0 fully saturated rings. The molecule has 0 aliphatic carbocycles. The molecule has 2 heterocycles. The summed E-state index contributed by atoms with van der Waals surface area (Å²) >= 11 is 0. The van der Waals surface area contributed by atoms with Crippen LogP contribution in [0.4, 0.5) is 0 Å². The topological polar surface area (TPSA) is 131 Å². The molecule has 2 aromatic rings. The van der Waals surface area contributed by atoms with Gasteiger partial charge in [-0.1, -0.05) is 13.8 Å². The van der Waals surface area contributed by atoms with Crippen molar-refractivity contribution in [1.29, 1.82) is 0 Å². The monoisotopic (exact) mass is 405 g/mol. The molecule has 0 amide bonds. The third-order valence-electron chi connectivity index (χ3n) is 4.27. The van der Waals surface area contributed by atoms with E-state index in [0.29, 0.717) is 6.42 Å². The lowest BCUT2D eigenvalue weighted by molar-refractivity contribution is 0.397. The number of aromatic amines is 1. The third-order valence-corrected chi connectivity index (χ3v) is 6.09. The maximum atomic E-state index is 12.7. The lowest BCUT2D eigenvalue weighted by Gasteiger charge is -2.21. The quantitative estimate of drug-likeness (QED) is 0.697. The number of nitrogens with zero attached hydrogens (tertiary/aromatic N) is 3. The van der Waals surface area contributed by atoms with Crippen molar-refractivity contribution in [2.45, 2.75) is 31.2 Å². The predicted octanol–water partition coefficient (Wildman–Crippen LogP) is 0.0375. The maximum absolute atomic E-state index is 12.7. The maximum Gasteiger partial charge on any atom is 0.329 e. The number of halogens is 1. The van der Waals surface area contributed by atoms with Gasteiger partial charge in [-0.3, -0.25) is 14.3 Å². The number of fused-ring (bicyclic) bond motifs is 1. The number of aromatic nitrogens is 3. The van der Waals surface area contributed by atoms with Gasteiger partial charge >= 0.3 is 5.69 Å². The van der Waals surface area contributed by atoms with E-state index in [1.165, 1.54) is 24.5 Å². The molecule has 3 N–H and O–H groups in total. The van der Waals surface area contributed by atoms with Crippen LogP contribution in [0.15, 0.2) is 26.7 Å². The molecule has 0 aliphatic heterocycles. The summed E-state index contributed by atoms with van der Waals surface area (Å²) in [4.78, 5) is 29.5. The molecule has 0 radical (unpaired) electrons. The Morgan fingerprint density at radius 2 is 1.96 bits per heavy atom. The molecule has 0 bridgehead atoms. The summed E-state index contributed by atoms with van der Waals surface area (Å²) in [7, 11) is -0.915. The van der Waals surface area contributed by atoms with E-state index in [1.807, 2.05) is 13.8 Å². The summed E-state index contributed by atoms with van der Waals surface area (Å²) in [5.41, 5.74) is 4.80. The predicted molar refractivity (Wildman–Crippen MR) is 102 cm³/mol. The summed E-state index contributed by atoms with van der Waals surface area (Å²) in [5, 5.41) is 0.0375. The van der Waals surface area contributed by atoms with Crippen molar-refractivity contribution in [3.8, 4) is 0 Å². The van der Waals surface area contributed by atoms with Crippen LogP contribution in [0.2, 0.25) is 0 Å². The van der Waals surface area contributed by atoms with Gasteiger partial charge in [-0.05, 0) is 18.4 Å². The molecule has 146 valence electrons. The van der Waals surface area contributed by atoms with Crippen molar-refractivity contribution in [3.05, 3.63) is 33.1 Å². The van der Waals surface area contributed by atoms with Crippen LogP contribution in [0, 0.1) is 5.92 Å². The van der Waals surface area contributed by atoms with Gasteiger partial charge in [-0.15, -0.1) is 12.4 Å². The Morgan fingerprint density at radius 1 is 1.35 bits per heavy atom. The second kappa shape index (κ2) is 8.30. The van der Waals surface area contributed by atoms with E-state index >= 15 is 0 Å². The fraction of sp³-hybridized carbons (Fsp3) is 0.533. The fourth-order valence-corrected chi connectivity index (χ4v) is 3.48. The Bertz CT molecular complexity index is 999. The zero-order valence-electron chi connectivity index (χ0n) is 15.1. The van der Waals surface area contributed by atoms with Gasteiger partial charge in [0.1, 0.15) is 10.5 Å². The lowest BCUT2D eigenvalue weighted by atomic mass is 10.0. The first-order chi connectivity index (χ1) is 11.6. The Labute approximate surface area is 157 Å². The number of nitrogens with two attached hydrogens (primary N) is 1. The third kappa shape index (κ3) is 4.32. The summed E-state index contributed by atoms with van der Waals surface area (Å²) in [6.45, 7) is 4.20. The molecule has 0 aliphatic rings. The molecule has 2 rings (SSSR count). The Kier molecular flexibility index (Phi) is 7.11. The molecule has 1 atom stereocenters. The number of aryl methyl sites for hydroxylation is 1. The Hall–Kier alpha value is -1.75. The first-order valence-electron chi connectivity index (χ1n) is 7.86. The van der Waals surface area contributed by atoms with E-state index in [2.05, 4.69) is 9.97 Å². The van der Waals surface area contributed by atoms with Crippen LogP contribution in [-0.2, 0) is 17.1 Å². The van der Waals surface area contributed by atoms with E-state index in [4.69, 9.17) is 5.73 Å². The van der Waals surface area contributed by atoms with Crippen LogP contribution in [0.5, 0.6) is 0 Å². The minimum atomic E-state index is -3.82. The molecule has 9 nitrogen and oxygen atoms in total. The largest absolute Gasteiger partial charge is 0.329 e. The van der Waals surface area contributed by atoms with Crippen molar-refractivity contribution in [2.75, 3.05) is 13.6 Å². The SMILES string of the molecule is CC(C)C(N)CCN(C)S(=O)(=O)c1cnc2c(c1)c(=O)[nH]c(=O)n2C.Cl. The van der Waals surface area contributed by atoms with E-state index in [9.17, 15) is 18.0 Å². The number of sulfonamides is 1. The molecule has 0 saturated carbocycles. The highest BCUT2D eigenvalue weighted by molar-refractivity contribution is 7.89. The molecule has 1 unspecified atom stereocenters. The van der Waals surface area contributed by atoms with E-state index in [1.54, 1.807) is 0 Å². The average Bonchev–Trinajstić information content (AvgIpc) is 2.56. The van der Waals surface area contributed by atoms with Gasteiger partial charge in [0.05, 0.1) is 5.39 Å². The van der Waals surface area contributed by atoms with Crippen molar-refractivity contribution >= 4 is 33.5 Å². The minimum Gasteiger partial charge on any atom is -0.327 e. The first kappa shape index (κ1) is 22.3. The lowest BCUT2D eigenvalue weighted by Crippen LogP contribution is -2.35. The normalized spacial score (nSPS) is 13.2. The Morgan fingerprint density at radius 3 is 2.54 bits per heavy atom. The van der Waals surface area contributed by atoms with E-state index in [0.717, 1.165) is 10.8 Å². The van der Waals surface area contributed by atoms with Crippen LogP contribution in [-0.4, -0.2) is 46.9 Å². The van der Waals surface area contributed by atoms with Crippen LogP contribution in [0.25, 0.3) is 11.0 Å². The number of hydrogen-bond acceptors (Lipinski definition) is 6. The zero-order valence-corrected chi connectivity index (χ0v) is 16.7. The standard InChI is InChI=1S/C15H23N5O4S.ClH/c1-9(2)12(16)5-6-19(3)25(23,24)10-7-11-13(17-8-10)20(4)15(22)18-14(11)21;/h7-9,12H,5-6,16H2,1-4H3,(H,18,21,22);1H. The molecule has 26 heavy (non-hydrogen) atoms. The highest BCUT2D eigenvalue weighted by Gasteiger charge is 2.23. The van der Waals surface area contributed by atoms with Gasteiger partial charge in [0.25, 0.3) is 5.56 Å². The van der Waals surface area contributed by atoms with E-state index in [-0.39, 0.29) is 46.8 Å². The average molecular weight is 406 g/mol. The first-order valence-corrected chi connectivity index (χ1v) is 9.30. The number of H-pyrrole nitrogens is 1. The van der Waals surface area contributed by atoms with Crippen molar-refractivity contribution in [1.82, 2.24) is 18.8 Å². The second-order valence-corrected chi connectivity index (χ2v) is 8.43. The van der Waals surface area contributed by atoms with Crippen molar-refractivity contribution in [2.24, 2.45) is 18.7 Å². The summed E-state index contributed by atoms with van der Waals surface area (Å²) in [6, 6.07) is 1.12. The Balaban J connectivity index is 0.00000338. The summed E-state index contributed by atoms with van der Waals surface area (Å²) in [6.07, 6.45) is 1.67. The second-order valence-electron chi connectivity index (χ2n) is 6.38. The molecule has 0 aromatic carbocycles. The summed E-state index contributed by atoms with van der Waals surface area (Å²) in [5.74, 6) is 0.248. The molecular formula is C15H24ClN5O4S. The number of pyridine rings is 1. The van der Waals surface area contributed by atoms with Crippen molar-refractivity contribution < 1.29 is 8.42 Å². The number of rotatable bonds is 6. The van der Waals surface area contributed by atoms with Gasteiger partial charge in [0, 0.05) is 32.9 Å². The highest BCUT2D eigenvalue weighted by atomic mass is 35.5. The van der Waals surface area contributed by atoms with Gasteiger partial charge in [0.2, 0.25) is 10.0 Å². The molecule has 0 spiro atoms. The summed E-state index contributed by atoms with van der Waals surface area (Å²) < 4.78 is 27.7. The van der Waals surface area contributed by atoms with Crippen LogP contribution in [0.3, 0.4) is 0 Å². The van der Waals surface area contributed by atoms with Gasteiger partial charge in [-0.25, -0.2) is 22.5 Å². The van der Waals surface area contributed by atoms with Crippen molar-refractivity contribution in [3.63, 3.8) is 0 Å². The van der Waals surface area contributed by atoms with Crippen LogP contribution in [0.1, 0.15) is 20.3 Å².